The fourth-order valence-corrected chi connectivity index (χ4v) is 2.64. The zero-order valence-corrected chi connectivity index (χ0v) is 13.2. The highest BCUT2D eigenvalue weighted by molar-refractivity contribution is 5.95. The Kier molecular flexibility index (Phi) is 4.52. The van der Waals surface area contributed by atoms with E-state index in [9.17, 15) is 4.79 Å². The van der Waals surface area contributed by atoms with E-state index in [4.69, 9.17) is 9.47 Å². The van der Waals surface area contributed by atoms with Gasteiger partial charge < -0.3 is 14.4 Å². The molecule has 0 aliphatic carbocycles. The van der Waals surface area contributed by atoms with Gasteiger partial charge in [0.05, 0.1) is 13.7 Å². The van der Waals surface area contributed by atoms with E-state index in [0.29, 0.717) is 36.8 Å². The molecule has 1 atom stereocenters. The van der Waals surface area contributed by atoms with Gasteiger partial charge in [-0.25, -0.2) is 0 Å². The van der Waals surface area contributed by atoms with Crippen molar-refractivity contribution >= 4 is 5.91 Å². The van der Waals surface area contributed by atoms with E-state index < -0.39 is 0 Å². The van der Waals surface area contributed by atoms with Crippen molar-refractivity contribution in [3.8, 4) is 11.4 Å². The van der Waals surface area contributed by atoms with Crippen molar-refractivity contribution in [1.29, 1.82) is 0 Å². The second-order valence-corrected chi connectivity index (χ2v) is 5.39. The van der Waals surface area contributed by atoms with Crippen molar-refractivity contribution in [3.05, 3.63) is 30.1 Å². The predicted molar refractivity (Wildman–Crippen MR) is 81.6 cm³/mol. The number of ether oxygens (including phenoxy) is 2. The van der Waals surface area contributed by atoms with Crippen LogP contribution < -0.4 is 4.74 Å². The van der Waals surface area contributed by atoms with Crippen LogP contribution in [0.1, 0.15) is 23.7 Å². The van der Waals surface area contributed by atoms with E-state index in [1.165, 1.54) is 11.0 Å². The standard InChI is InChI=1S/C15H19N5O3/c1-11-5-7-23-8-6-19(11)15(21)12-3-4-14(22-2)13(9-12)20-10-16-17-18-20/h3-4,9-11H,5-8H2,1-2H3. The lowest BCUT2D eigenvalue weighted by Crippen LogP contribution is -2.39. The second-order valence-electron chi connectivity index (χ2n) is 5.39. The largest absolute Gasteiger partial charge is 0.494 e. The maximum atomic E-state index is 12.9. The molecule has 1 unspecified atom stereocenters. The van der Waals surface area contributed by atoms with Crippen LogP contribution in [0.2, 0.25) is 0 Å². The van der Waals surface area contributed by atoms with Gasteiger partial charge in [-0.15, -0.1) is 5.10 Å². The number of carbonyl (C=O) groups is 1. The average molecular weight is 317 g/mol. The number of hydrogen-bond acceptors (Lipinski definition) is 6. The minimum atomic E-state index is -0.0278. The van der Waals surface area contributed by atoms with E-state index in [-0.39, 0.29) is 11.9 Å². The minimum Gasteiger partial charge on any atom is -0.494 e. The monoisotopic (exact) mass is 317 g/mol. The van der Waals surface area contributed by atoms with Gasteiger partial charge in [0.2, 0.25) is 0 Å². The van der Waals surface area contributed by atoms with Gasteiger partial charge in [0.15, 0.2) is 0 Å². The van der Waals surface area contributed by atoms with E-state index in [1.807, 2.05) is 11.8 Å². The normalized spacial score (nSPS) is 18.5. The Bertz CT molecular complexity index is 674. The summed E-state index contributed by atoms with van der Waals surface area (Å²) in [7, 11) is 1.57. The Balaban J connectivity index is 1.93. The molecule has 1 aromatic carbocycles. The van der Waals surface area contributed by atoms with E-state index >= 15 is 0 Å². The lowest BCUT2D eigenvalue weighted by Gasteiger charge is -2.26. The van der Waals surface area contributed by atoms with E-state index in [1.54, 1.807) is 25.3 Å². The van der Waals surface area contributed by atoms with Gasteiger partial charge in [-0.05, 0) is 42.0 Å². The molecule has 1 aliphatic rings. The molecule has 0 N–H and O–H groups in total. The molecule has 1 amide bonds. The van der Waals surface area contributed by atoms with Crippen LogP contribution in [-0.4, -0.2) is 63.9 Å². The lowest BCUT2D eigenvalue weighted by molar-refractivity contribution is 0.0687. The van der Waals surface area contributed by atoms with Crippen molar-refractivity contribution in [2.45, 2.75) is 19.4 Å². The number of methoxy groups -OCH3 is 1. The summed E-state index contributed by atoms with van der Waals surface area (Å²) in [4.78, 5) is 14.7. The Morgan fingerprint density at radius 3 is 3.00 bits per heavy atom. The molecule has 8 heteroatoms. The third kappa shape index (κ3) is 3.16. The van der Waals surface area contributed by atoms with Crippen molar-refractivity contribution in [2.24, 2.45) is 0 Å². The Labute approximate surface area is 134 Å². The maximum Gasteiger partial charge on any atom is 0.254 e. The molecule has 1 fully saturated rings. The van der Waals surface area contributed by atoms with Crippen LogP contribution in [0.5, 0.6) is 5.75 Å². The first kappa shape index (κ1) is 15.4. The fraction of sp³-hybridized carbons (Fsp3) is 0.467. The number of amides is 1. The van der Waals surface area contributed by atoms with Gasteiger partial charge in [-0.2, -0.15) is 4.68 Å². The van der Waals surface area contributed by atoms with Gasteiger partial charge in [0.25, 0.3) is 5.91 Å². The van der Waals surface area contributed by atoms with Gasteiger partial charge in [-0.3, -0.25) is 4.79 Å². The highest BCUT2D eigenvalue weighted by Gasteiger charge is 2.24. The first-order chi connectivity index (χ1) is 11.2. The summed E-state index contributed by atoms with van der Waals surface area (Å²) in [6, 6.07) is 5.40. The summed E-state index contributed by atoms with van der Waals surface area (Å²) in [5.74, 6) is 0.570. The quantitative estimate of drug-likeness (QED) is 0.837. The Hall–Kier alpha value is -2.48. The maximum absolute atomic E-state index is 12.9. The van der Waals surface area contributed by atoms with Gasteiger partial charge in [-0.1, -0.05) is 0 Å². The smallest absolute Gasteiger partial charge is 0.254 e. The van der Waals surface area contributed by atoms with Crippen LogP contribution >= 0.6 is 0 Å². The molecule has 23 heavy (non-hydrogen) atoms. The predicted octanol–water partition coefficient (Wildman–Crippen LogP) is 0.922. The summed E-state index contributed by atoms with van der Waals surface area (Å²) in [6.07, 6.45) is 2.30. The minimum absolute atomic E-state index is 0.0278. The molecule has 2 heterocycles. The van der Waals surface area contributed by atoms with Crippen LogP contribution in [0, 0.1) is 0 Å². The summed E-state index contributed by atoms with van der Waals surface area (Å²) < 4.78 is 12.3. The zero-order chi connectivity index (χ0) is 16.2. The number of hydrogen-bond donors (Lipinski definition) is 0. The van der Waals surface area contributed by atoms with Crippen LogP contribution in [0.3, 0.4) is 0 Å². The van der Waals surface area contributed by atoms with Crippen LogP contribution in [0.15, 0.2) is 24.5 Å². The second kappa shape index (κ2) is 6.74. The zero-order valence-electron chi connectivity index (χ0n) is 13.2. The molecule has 0 radical (unpaired) electrons. The number of carbonyl (C=O) groups excluding carboxylic acids is 1. The van der Waals surface area contributed by atoms with Crippen molar-refractivity contribution in [2.75, 3.05) is 26.9 Å². The number of benzene rings is 1. The lowest BCUT2D eigenvalue weighted by atomic mass is 10.1. The molecule has 1 aromatic heterocycles. The molecule has 1 saturated heterocycles. The van der Waals surface area contributed by atoms with Gasteiger partial charge >= 0.3 is 0 Å². The fourth-order valence-electron chi connectivity index (χ4n) is 2.64. The summed E-state index contributed by atoms with van der Waals surface area (Å²) in [5, 5.41) is 11.1. The Morgan fingerprint density at radius 2 is 2.26 bits per heavy atom. The number of rotatable bonds is 3. The molecule has 1 aliphatic heterocycles. The topological polar surface area (TPSA) is 82.4 Å². The summed E-state index contributed by atoms with van der Waals surface area (Å²) >= 11 is 0. The Morgan fingerprint density at radius 1 is 1.39 bits per heavy atom. The molecule has 122 valence electrons. The van der Waals surface area contributed by atoms with E-state index in [0.717, 1.165) is 6.42 Å². The first-order valence-electron chi connectivity index (χ1n) is 7.51. The van der Waals surface area contributed by atoms with Crippen LogP contribution in [0.25, 0.3) is 5.69 Å². The SMILES string of the molecule is COc1ccc(C(=O)N2CCOCCC2C)cc1-n1cnnn1. The van der Waals surface area contributed by atoms with Gasteiger partial charge in [0.1, 0.15) is 17.8 Å². The highest BCUT2D eigenvalue weighted by atomic mass is 16.5. The highest BCUT2D eigenvalue weighted by Crippen LogP contribution is 2.24. The molecule has 0 spiro atoms. The molecule has 0 bridgehead atoms. The molecule has 2 aromatic rings. The number of nitrogens with zero attached hydrogens (tertiary/aromatic N) is 5. The molecule has 3 rings (SSSR count). The average Bonchev–Trinajstić information content (AvgIpc) is 3.03. The number of tetrazole rings is 1. The third-order valence-corrected chi connectivity index (χ3v) is 3.97. The first-order valence-corrected chi connectivity index (χ1v) is 7.51. The molecule has 0 saturated carbocycles. The van der Waals surface area contributed by atoms with Crippen LogP contribution in [-0.2, 0) is 4.74 Å². The van der Waals surface area contributed by atoms with E-state index in [2.05, 4.69) is 15.5 Å². The molecular weight excluding hydrogens is 298 g/mol. The summed E-state index contributed by atoms with van der Waals surface area (Å²) in [5.41, 5.74) is 1.20. The molecule has 8 nitrogen and oxygen atoms in total. The van der Waals surface area contributed by atoms with Crippen molar-refractivity contribution in [1.82, 2.24) is 25.1 Å². The third-order valence-electron chi connectivity index (χ3n) is 3.97. The molecular formula is C15H19N5O3. The van der Waals surface area contributed by atoms with Gasteiger partial charge in [0, 0.05) is 24.8 Å². The summed E-state index contributed by atoms with van der Waals surface area (Å²) in [6.45, 7) is 3.88. The number of aromatic nitrogens is 4. The van der Waals surface area contributed by atoms with Crippen molar-refractivity contribution in [3.63, 3.8) is 0 Å². The van der Waals surface area contributed by atoms with Crippen LogP contribution in [0.4, 0.5) is 0 Å². The van der Waals surface area contributed by atoms with Crippen molar-refractivity contribution < 1.29 is 14.3 Å².